The molecule has 2 atom stereocenters. The van der Waals surface area contributed by atoms with Gasteiger partial charge < -0.3 is 5.11 Å². The summed E-state index contributed by atoms with van der Waals surface area (Å²) in [5, 5.41) is 20.9. The molecule has 7 heteroatoms. The van der Waals surface area contributed by atoms with Crippen molar-refractivity contribution in [1.82, 2.24) is 9.91 Å². The second-order valence-corrected chi connectivity index (χ2v) is 9.71. The van der Waals surface area contributed by atoms with Crippen LogP contribution in [-0.4, -0.2) is 51.4 Å². The highest BCUT2D eigenvalue weighted by molar-refractivity contribution is 7.12. The predicted octanol–water partition coefficient (Wildman–Crippen LogP) is 3.72. The van der Waals surface area contributed by atoms with E-state index in [1.54, 1.807) is 27.7 Å². The number of likely N-dealkylation sites (tertiary alicyclic amines) is 1. The van der Waals surface area contributed by atoms with E-state index in [0.717, 1.165) is 36.4 Å². The number of hydrazone groups is 1. The quantitative estimate of drug-likeness (QED) is 0.828. The fourth-order valence-electron chi connectivity index (χ4n) is 4.10. The van der Waals surface area contributed by atoms with Crippen LogP contribution in [0.1, 0.15) is 48.9 Å². The van der Waals surface area contributed by atoms with Crippen LogP contribution in [0.3, 0.4) is 0 Å². The van der Waals surface area contributed by atoms with Crippen LogP contribution in [0.2, 0.25) is 0 Å². The molecule has 144 valence electrons. The number of carbonyl (C=O) groups is 1. The third kappa shape index (κ3) is 3.87. The molecule has 2 aromatic rings. The summed E-state index contributed by atoms with van der Waals surface area (Å²) >= 11 is 3.33. The number of amides is 1. The van der Waals surface area contributed by atoms with Crippen molar-refractivity contribution in [3.8, 4) is 0 Å². The summed E-state index contributed by atoms with van der Waals surface area (Å²) in [6, 6.07) is 8.18. The van der Waals surface area contributed by atoms with Crippen LogP contribution in [0, 0.1) is 0 Å². The van der Waals surface area contributed by atoms with Gasteiger partial charge in [-0.2, -0.15) is 5.10 Å². The van der Waals surface area contributed by atoms with E-state index in [0.29, 0.717) is 6.54 Å². The van der Waals surface area contributed by atoms with Crippen molar-refractivity contribution in [1.29, 1.82) is 0 Å². The maximum Gasteiger partial charge on any atom is 0.257 e. The zero-order chi connectivity index (χ0) is 19.0. The molecule has 0 aromatic carbocycles. The predicted molar refractivity (Wildman–Crippen MR) is 110 cm³/mol. The van der Waals surface area contributed by atoms with Gasteiger partial charge >= 0.3 is 0 Å². The third-order valence-electron chi connectivity index (χ3n) is 5.36. The number of nitrogens with zero attached hydrogens (tertiary/aromatic N) is 3. The lowest BCUT2D eigenvalue weighted by Gasteiger charge is -2.34. The van der Waals surface area contributed by atoms with Crippen LogP contribution < -0.4 is 0 Å². The molecule has 4 heterocycles. The Hall–Kier alpha value is -1.54. The monoisotopic (exact) mass is 403 g/mol. The molecule has 2 aromatic heterocycles. The lowest BCUT2D eigenvalue weighted by Crippen LogP contribution is -2.49. The van der Waals surface area contributed by atoms with E-state index in [4.69, 9.17) is 5.10 Å². The molecule has 1 amide bonds. The minimum atomic E-state index is -0.805. The summed E-state index contributed by atoms with van der Waals surface area (Å²) in [4.78, 5) is 17.6. The molecule has 0 aliphatic carbocycles. The van der Waals surface area contributed by atoms with E-state index in [2.05, 4.69) is 17.0 Å². The molecular weight excluding hydrogens is 378 g/mol. The van der Waals surface area contributed by atoms with Crippen LogP contribution in [0.15, 0.2) is 40.1 Å². The molecule has 27 heavy (non-hydrogen) atoms. The highest BCUT2D eigenvalue weighted by atomic mass is 32.1. The number of rotatable bonds is 5. The van der Waals surface area contributed by atoms with Crippen molar-refractivity contribution >= 4 is 34.3 Å². The smallest absolute Gasteiger partial charge is 0.257 e. The lowest BCUT2D eigenvalue weighted by molar-refractivity contribution is -0.135. The fourth-order valence-corrected chi connectivity index (χ4v) is 5.63. The van der Waals surface area contributed by atoms with Crippen molar-refractivity contribution < 1.29 is 9.90 Å². The van der Waals surface area contributed by atoms with E-state index < -0.39 is 5.60 Å². The minimum absolute atomic E-state index is 0.0103. The average Bonchev–Trinajstić information content (AvgIpc) is 3.38. The minimum Gasteiger partial charge on any atom is -0.389 e. The third-order valence-corrected chi connectivity index (χ3v) is 7.25. The van der Waals surface area contributed by atoms with Gasteiger partial charge in [0.2, 0.25) is 0 Å². The summed E-state index contributed by atoms with van der Waals surface area (Å²) < 4.78 is 0. The summed E-state index contributed by atoms with van der Waals surface area (Å²) in [5.41, 5.74) is 0.178. The molecule has 5 nitrogen and oxygen atoms in total. The number of hydrogen-bond donors (Lipinski definition) is 1. The Balaban J connectivity index is 1.56. The average molecular weight is 404 g/mol. The van der Waals surface area contributed by atoms with E-state index >= 15 is 0 Å². The molecule has 2 aliphatic heterocycles. The summed E-state index contributed by atoms with van der Waals surface area (Å²) in [5.74, 6) is 0.0103. The fraction of sp³-hybridized carbons (Fsp3) is 0.500. The Morgan fingerprint density at radius 2 is 2.07 bits per heavy atom. The van der Waals surface area contributed by atoms with E-state index in [1.807, 2.05) is 36.7 Å². The first-order valence-electron chi connectivity index (χ1n) is 9.37. The SMILES string of the molecule is CC(C)(O)[C@@H]1CCCN1CC(=O)N1N=C(c2cccs2)C[C@@H]1c1cccs1. The van der Waals surface area contributed by atoms with Crippen LogP contribution >= 0.6 is 22.7 Å². The zero-order valence-corrected chi connectivity index (χ0v) is 17.3. The van der Waals surface area contributed by atoms with E-state index in [1.165, 1.54) is 4.88 Å². The maximum absolute atomic E-state index is 13.2. The van der Waals surface area contributed by atoms with Gasteiger partial charge in [-0.1, -0.05) is 12.1 Å². The highest BCUT2D eigenvalue weighted by Gasteiger charge is 2.39. The molecule has 1 fully saturated rings. The Bertz CT molecular complexity index is 809. The zero-order valence-electron chi connectivity index (χ0n) is 15.7. The van der Waals surface area contributed by atoms with Crippen LogP contribution in [-0.2, 0) is 4.79 Å². The largest absolute Gasteiger partial charge is 0.389 e. The number of carbonyl (C=O) groups excluding carboxylic acids is 1. The second-order valence-electron chi connectivity index (χ2n) is 7.78. The Labute approximate surface area is 167 Å². The lowest BCUT2D eigenvalue weighted by atomic mass is 9.97. The first kappa shape index (κ1) is 18.8. The molecule has 1 N–H and O–H groups in total. The van der Waals surface area contributed by atoms with Crippen molar-refractivity contribution in [2.24, 2.45) is 5.10 Å². The number of aliphatic hydroxyl groups is 1. The molecule has 4 rings (SSSR count). The van der Waals surface area contributed by atoms with Crippen molar-refractivity contribution in [2.45, 2.75) is 50.8 Å². The van der Waals surface area contributed by atoms with E-state index in [9.17, 15) is 9.90 Å². The Morgan fingerprint density at radius 3 is 2.74 bits per heavy atom. The topological polar surface area (TPSA) is 56.1 Å². The van der Waals surface area contributed by atoms with Gasteiger partial charge in [0.1, 0.15) is 0 Å². The van der Waals surface area contributed by atoms with Gasteiger partial charge in [0.05, 0.1) is 28.8 Å². The Kier molecular flexibility index (Phi) is 5.20. The van der Waals surface area contributed by atoms with Gasteiger partial charge in [0.25, 0.3) is 5.91 Å². The van der Waals surface area contributed by atoms with Gasteiger partial charge in [-0.05, 0) is 56.1 Å². The van der Waals surface area contributed by atoms with Gasteiger partial charge in [0.15, 0.2) is 0 Å². The van der Waals surface area contributed by atoms with Crippen LogP contribution in [0.25, 0.3) is 0 Å². The van der Waals surface area contributed by atoms with Crippen molar-refractivity contribution in [3.05, 3.63) is 44.8 Å². The molecule has 0 bridgehead atoms. The summed E-state index contributed by atoms with van der Waals surface area (Å²) in [7, 11) is 0. The molecule has 0 radical (unpaired) electrons. The highest BCUT2D eigenvalue weighted by Crippen LogP contribution is 2.36. The van der Waals surface area contributed by atoms with Gasteiger partial charge in [-0.15, -0.1) is 22.7 Å². The standard InChI is InChI=1S/C20H25N3O2S2/c1-20(2,25)18-8-3-9-22(18)13-19(24)23-15(17-7-5-11-27-17)12-14(21-23)16-6-4-10-26-16/h4-7,10-11,15,18,25H,3,8-9,12-13H2,1-2H3/t15-,18+/m1/s1. The first-order chi connectivity index (χ1) is 12.9. The summed E-state index contributed by atoms with van der Waals surface area (Å²) in [6.45, 7) is 4.81. The molecule has 0 saturated carbocycles. The normalized spacial score (nSPS) is 23.8. The van der Waals surface area contributed by atoms with Gasteiger partial charge in [-0.3, -0.25) is 9.69 Å². The molecular formula is C20H25N3O2S2. The second kappa shape index (κ2) is 7.47. The van der Waals surface area contributed by atoms with Gasteiger partial charge in [-0.25, -0.2) is 5.01 Å². The Morgan fingerprint density at radius 1 is 1.30 bits per heavy atom. The van der Waals surface area contributed by atoms with Crippen LogP contribution in [0.4, 0.5) is 0 Å². The molecule has 0 spiro atoms. The maximum atomic E-state index is 13.2. The molecule has 2 aliphatic rings. The van der Waals surface area contributed by atoms with Crippen LogP contribution in [0.5, 0.6) is 0 Å². The first-order valence-corrected chi connectivity index (χ1v) is 11.1. The van der Waals surface area contributed by atoms with Crippen molar-refractivity contribution in [3.63, 3.8) is 0 Å². The number of thiophene rings is 2. The molecule has 0 unspecified atom stereocenters. The molecule has 1 saturated heterocycles. The van der Waals surface area contributed by atoms with Crippen molar-refractivity contribution in [2.75, 3.05) is 13.1 Å². The summed E-state index contributed by atoms with van der Waals surface area (Å²) in [6.07, 6.45) is 2.69. The number of hydrogen-bond acceptors (Lipinski definition) is 6. The van der Waals surface area contributed by atoms with E-state index in [-0.39, 0.29) is 18.0 Å². The van der Waals surface area contributed by atoms with Gasteiger partial charge in [0, 0.05) is 17.3 Å².